The van der Waals surface area contributed by atoms with Crippen molar-refractivity contribution in [1.82, 2.24) is 14.7 Å². The van der Waals surface area contributed by atoms with Crippen molar-refractivity contribution < 1.29 is 9.53 Å². The molecule has 0 radical (unpaired) electrons. The molecular weight excluding hydrogens is 266 g/mol. The van der Waals surface area contributed by atoms with Crippen molar-refractivity contribution in [2.24, 2.45) is 7.05 Å². The molecule has 1 aromatic heterocycles. The number of amides is 1. The highest BCUT2D eigenvalue weighted by molar-refractivity contribution is 5.69. The van der Waals surface area contributed by atoms with E-state index in [0.717, 1.165) is 31.5 Å². The average Bonchev–Trinajstić information content (AvgIpc) is 2.88. The third-order valence-electron chi connectivity index (χ3n) is 4.10. The molecule has 0 saturated carbocycles. The van der Waals surface area contributed by atoms with Gasteiger partial charge >= 0.3 is 6.09 Å². The number of carbonyl (C=O) groups excluding carboxylic acids is 1. The SMILES string of the molecule is Cc1nn(C)c(C)c1C[C@H]1CCCN1C(=O)OC(C)(C)C. The molecule has 1 aliphatic heterocycles. The normalized spacial score (nSPS) is 19.1. The molecule has 118 valence electrons. The van der Waals surface area contributed by atoms with E-state index in [9.17, 15) is 4.79 Å². The van der Waals surface area contributed by atoms with Gasteiger partial charge in [0.15, 0.2) is 0 Å². The van der Waals surface area contributed by atoms with Crippen LogP contribution in [0.5, 0.6) is 0 Å². The number of ether oxygens (including phenoxy) is 1. The Morgan fingerprint density at radius 3 is 2.57 bits per heavy atom. The second kappa shape index (κ2) is 5.70. The molecule has 0 N–H and O–H groups in total. The van der Waals surface area contributed by atoms with Gasteiger partial charge in [-0.05, 0) is 59.4 Å². The van der Waals surface area contributed by atoms with Crippen LogP contribution in [0.3, 0.4) is 0 Å². The summed E-state index contributed by atoms with van der Waals surface area (Å²) in [5.41, 5.74) is 3.07. The first-order valence-corrected chi connectivity index (χ1v) is 7.67. The summed E-state index contributed by atoms with van der Waals surface area (Å²) in [7, 11) is 1.96. The molecule has 0 unspecified atom stereocenters. The van der Waals surface area contributed by atoms with Crippen molar-refractivity contribution >= 4 is 6.09 Å². The molecule has 2 heterocycles. The van der Waals surface area contributed by atoms with Gasteiger partial charge in [-0.3, -0.25) is 4.68 Å². The van der Waals surface area contributed by atoms with Crippen LogP contribution in [-0.4, -0.2) is 39.0 Å². The highest BCUT2D eigenvalue weighted by Crippen LogP contribution is 2.25. The Kier molecular flexibility index (Phi) is 4.30. The maximum atomic E-state index is 12.3. The third kappa shape index (κ3) is 3.57. The number of likely N-dealkylation sites (tertiary alicyclic amines) is 1. The molecule has 5 heteroatoms. The summed E-state index contributed by atoms with van der Waals surface area (Å²) in [6.45, 7) is 10.6. The van der Waals surface area contributed by atoms with E-state index in [2.05, 4.69) is 12.0 Å². The van der Waals surface area contributed by atoms with Crippen LogP contribution < -0.4 is 0 Å². The van der Waals surface area contributed by atoms with E-state index in [4.69, 9.17) is 4.74 Å². The fourth-order valence-electron chi connectivity index (χ4n) is 2.96. The van der Waals surface area contributed by atoms with Crippen LogP contribution in [0.4, 0.5) is 4.79 Å². The molecule has 1 saturated heterocycles. The lowest BCUT2D eigenvalue weighted by Gasteiger charge is -2.28. The Balaban J connectivity index is 2.10. The van der Waals surface area contributed by atoms with E-state index in [1.807, 2.05) is 44.3 Å². The zero-order chi connectivity index (χ0) is 15.8. The Hall–Kier alpha value is -1.52. The van der Waals surface area contributed by atoms with Crippen molar-refractivity contribution in [3.63, 3.8) is 0 Å². The van der Waals surface area contributed by atoms with Gasteiger partial charge in [0, 0.05) is 25.3 Å². The minimum Gasteiger partial charge on any atom is -0.444 e. The number of hydrogen-bond acceptors (Lipinski definition) is 3. The first-order chi connectivity index (χ1) is 9.69. The van der Waals surface area contributed by atoms with Crippen molar-refractivity contribution in [3.8, 4) is 0 Å². The van der Waals surface area contributed by atoms with E-state index < -0.39 is 5.60 Å². The van der Waals surface area contributed by atoms with Gasteiger partial charge in [-0.1, -0.05) is 0 Å². The lowest BCUT2D eigenvalue weighted by molar-refractivity contribution is 0.0226. The van der Waals surface area contributed by atoms with Crippen LogP contribution in [-0.2, 0) is 18.2 Å². The number of aryl methyl sites for hydroxylation is 2. The van der Waals surface area contributed by atoms with Crippen LogP contribution in [0.1, 0.15) is 50.6 Å². The zero-order valence-electron chi connectivity index (χ0n) is 14.1. The fraction of sp³-hybridized carbons (Fsp3) is 0.750. The van der Waals surface area contributed by atoms with Crippen LogP contribution >= 0.6 is 0 Å². The van der Waals surface area contributed by atoms with Crippen LogP contribution in [0.2, 0.25) is 0 Å². The number of hydrogen-bond donors (Lipinski definition) is 0. The molecule has 2 rings (SSSR count). The molecule has 1 fully saturated rings. The Bertz CT molecular complexity index is 528. The highest BCUT2D eigenvalue weighted by atomic mass is 16.6. The lowest BCUT2D eigenvalue weighted by atomic mass is 10.0. The lowest BCUT2D eigenvalue weighted by Crippen LogP contribution is -2.40. The summed E-state index contributed by atoms with van der Waals surface area (Å²) in [6.07, 6.45) is 2.75. The van der Waals surface area contributed by atoms with E-state index in [1.54, 1.807) is 0 Å². The topological polar surface area (TPSA) is 47.4 Å². The van der Waals surface area contributed by atoms with Crippen molar-refractivity contribution in [2.75, 3.05) is 6.54 Å². The standard InChI is InChI=1S/C16H27N3O2/c1-11-14(12(2)18(6)17-11)10-13-8-7-9-19(13)15(20)21-16(3,4)5/h13H,7-10H2,1-6H3/t13-/m1/s1. The maximum absolute atomic E-state index is 12.3. The molecule has 5 nitrogen and oxygen atoms in total. The van der Waals surface area contributed by atoms with Crippen molar-refractivity contribution in [1.29, 1.82) is 0 Å². The predicted molar refractivity (Wildman–Crippen MR) is 82.3 cm³/mol. The Labute approximate surface area is 127 Å². The summed E-state index contributed by atoms with van der Waals surface area (Å²) in [5, 5.41) is 4.46. The maximum Gasteiger partial charge on any atom is 0.410 e. The summed E-state index contributed by atoms with van der Waals surface area (Å²) >= 11 is 0. The molecule has 0 aromatic carbocycles. The Morgan fingerprint density at radius 1 is 1.38 bits per heavy atom. The quantitative estimate of drug-likeness (QED) is 0.842. The van der Waals surface area contributed by atoms with Gasteiger partial charge in [-0.15, -0.1) is 0 Å². The molecule has 1 aromatic rings. The average molecular weight is 293 g/mol. The second-order valence-electron chi connectivity index (χ2n) is 6.95. The number of aromatic nitrogens is 2. The summed E-state index contributed by atoms with van der Waals surface area (Å²) in [4.78, 5) is 14.2. The molecule has 0 spiro atoms. The minimum atomic E-state index is -0.440. The summed E-state index contributed by atoms with van der Waals surface area (Å²) < 4.78 is 7.44. The monoisotopic (exact) mass is 293 g/mol. The molecule has 1 aliphatic rings. The third-order valence-corrected chi connectivity index (χ3v) is 4.10. The van der Waals surface area contributed by atoms with Gasteiger partial charge in [-0.2, -0.15) is 5.10 Å². The first kappa shape index (κ1) is 15.9. The number of carbonyl (C=O) groups is 1. The molecule has 1 amide bonds. The largest absolute Gasteiger partial charge is 0.444 e. The number of rotatable bonds is 2. The van der Waals surface area contributed by atoms with Crippen LogP contribution in [0, 0.1) is 13.8 Å². The zero-order valence-corrected chi connectivity index (χ0v) is 14.1. The molecule has 21 heavy (non-hydrogen) atoms. The van der Waals surface area contributed by atoms with Gasteiger partial charge in [-0.25, -0.2) is 4.79 Å². The molecule has 0 aliphatic carbocycles. The van der Waals surface area contributed by atoms with E-state index in [0.29, 0.717) is 0 Å². The molecule has 1 atom stereocenters. The Morgan fingerprint density at radius 2 is 2.05 bits per heavy atom. The fourth-order valence-corrected chi connectivity index (χ4v) is 2.96. The summed E-state index contributed by atoms with van der Waals surface area (Å²) in [6, 6.07) is 0.224. The first-order valence-electron chi connectivity index (χ1n) is 7.67. The van der Waals surface area contributed by atoms with E-state index in [-0.39, 0.29) is 12.1 Å². The summed E-state index contributed by atoms with van der Waals surface area (Å²) in [5.74, 6) is 0. The molecular formula is C16H27N3O2. The molecule has 0 bridgehead atoms. The van der Waals surface area contributed by atoms with Crippen LogP contribution in [0.25, 0.3) is 0 Å². The predicted octanol–water partition coefficient (Wildman–Crippen LogP) is 2.98. The van der Waals surface area contributed by atoms with E-state index >= 15 is 0 Å². The van der Waals surface area contributed by atoms with Crippen molar-refractivity contribution in [2.45, 2.75) is 65.5 Å². The van der Waals surface area contributed by atoms with Crippen LogP contribution in [0.15, 0.2) is 0 Å². The number of nitrogens with zero attached hydrogens (tertiary/aromatic N) is 3. The van der Waals surface area contributed by atoms with Gasteiger partial charge in [0.1, 0.15) is 5.60 Å². The van der Waals surface area contributed by atoms with Crippen molar-refractivity contribution in [3.05, 3.63) is 17.0 Å². The van der Waals surface area contributed by atoms with E-state index in [1.165, 1.54) is 11.3 Å². The van der Waals surface area contributed by atoms with Gasteiger partial charge in [0.05, 0.1) is 5.69 Å². The smallest absolute Gasteiger partial charge is 0.410 e. The minimum absolute atomic E-state index is 0.191. The highest BCUT2D eigenvalue weighted by Gasteiger charge is 2.33. The second-order valence-corrected chi connectivity index (χ2v) is 6.95. The van der Waals surface area contributed by atoms with Gasteiger partial charge < -0.3 is 9.64 Å². The van der Waals surface area contributed by atoms with Gasteiger partial charge in [0.25, 0.3) is 0 Å². The van der Waals surface area contributed by atoms with Gasteiger partial charge in [0.2, 0.25) is 0 Å².